The number of nitrogens with one attached hydrogen (secondary N) is 1. The Kier molecular flexibility index (Phi) is 4.13. The summed E-state index contributed by atoms with van der Waals surface area (Å²) < 4.78 is 0. The van der Waals surface area contributed by atoms with Crippen molar-refractivity contribution in [2.75, 3.05) is 13.1 Å². The second kappa shape index (κ2) is 4.99. The Morgan fingerprint density at radius 3 is 2.25 bits per heavy atom. The summed E-state index contributed by atoms with van der Waals surface area (Å²) in [4.78, 5) is 13.1. The van der Waals surface area contributed by atoms with E-state index in [-0.39, 0.29) is 5.54 Å². The highest BCUT2D eigenvalue weighted by Crippen LogP contribution is 2.19. The van der Waals surface area contributed by atoms with Crippen LogP contribution in [0, 0.1) is 5.92 Å². The van der Waals surface area contributed by atoms with Crippen molar-refractivity contribution in [1.82, 2.24) is 10.2 Å². The zero-order valence-corrected chi connectivity index (χ0v) is 10.9. The number of rotatable bonds is 1. The van der Waals surface area contributed by atoms with Crippen LogP contribution >= 0.6 is 12.2 Å². The Hall–Kier alpha value is -0.840. The molecule has 0 bridgehead atoms. The van der Waals surface area contributed by atoms with Crippen molar-refractivity contribution in [2.45, 2.75) is 39.2 Å². The van der Waals surface area contributed by atoms with Gasteiger partial charge >= 0.3 is 6.09 Å². The van der Waals surface area contributed by atoms with Crippen molar-refractivity contribution >= 4 is 23.3 Å². The van der Waals surface area contributed by atoms with Gasteiger partial charge in [-0.15, -0.1) is 0 Å². The normalized spacial score (nSPS) is 18.3. The first kappa shape index (κ1) is 13.2. The van der Waals surface area contributed by atoms with E-state index in [1.54, 1.807) is 0 Å². The Morgan fingerprint density at radius 2 is 1.88 bits per heavy atom. The van der Waals surface area contributed by atoms with Crippen LogP contribution in [0.25, 0.3) is 0 Å². The number of amides is 1. The molecule has 0 saturated carbocycles. The predicted molar refractivity (Wildman–Crippen MR) is 67.8 cm³/mol. The minimum absolute atomic E-state index is 0.0129. The fourth-order valence-electron chi connectivity index (χ4n) is 1.80. The van der Waals surface area contributed by atoms with Gasteiger partial charge in [0.25, 0.3) is 0 Å². The van der Waals surface area contributed by atoms with E-state index in [0.717, 1.165) is 17.8 Å². The third kappa shape index (κ3) is 3.96. The molecule has 1 aliphatic rings. The van der Waals surface area contributed by atoms with E-state index in [9.17, 15) is 4.79 Å². The summed E-state index contributed by atoms with van der Waals surface area (Å²) in [5.41, 5.74) is -0.0129. The van der Waals surface area contributed by atoms with E-state index in [1.165, 1.54) is 4.90 Å². The Balaban J connectivity index is 2.42. The van der Waals surface area contributed by atoms with Crippen molar-refractivity contribution < 1.29 is 9.90 Å². The van der Waals surface area contributed by atoms with Crippen molar-refractivity contribution in [2.24, 2.45) is 5.92 Å². The van der Waals surface area contributed by atoms with Gasteiger partial charge in [0.2, 0.25) is 0 Å². The van der Waals surface area contributed by atoms with Crippen molar-refractivity contribution in [3.63, 3.8) is 0 Å². The number of carboxylic acid groups (broad SMARTS) is 1. The summed E-state index contributed by atoms with van der Waals surface area (Å²) in [6.07, 6.45) is 0.829. The van der Waals surface area contributed by atoms with Crippen molar-refractivity contribution in [1.29, 1.82) is 0 Å². The van der Waals surface area contributed by atoms with Crippen LogP contribution in [0.2, 0.25) is 0 Å². The van der Waals surface area contributed by atoms with Crippen LogP contribution < -0.4 is 5.32 Å². The van der Waals surface area contributed by atoms with Crippen molar-refractivity contribution in [3.8, 4) is 0 Å². The molecule has 0 aromatic heterocycles. The molecule has 16 heavy (non-hydrogen) atoms. The third-order valence-corrected chi connectivity index (χ3v) is 3.07. The highest BCUT2D eigenvalue weighted by molar-refractivity contribution is 7.80. The first-order valence-electron chi connectivity index (χ1n) is 5.59. The molecule has 0 radical (unpaired) electrons. The first-order chi connectivity index (χ1) is 7.29. The highest BCUT2D eigenvalue weighted by atomic mass is 32.1. The molecule has 0 aliphatic carbocycles. The van der Waals surface area contributed by atoms with E-state index in [4.69, 9.17) is 17.3 Å². The SMILES string of the molecule is CC(C)(C)NC(=S)C1CCN(C(=O)O)CC1. The summed E-state index contributed by atoms with van der Waals surface area (Å²) in [5.74, 6) is 0.324. The van der Waals surface area contributed by atoms with Gasteiger partial charge in [-0.2, -0.15) is 0 Å². The number of carbonyl (C=O) groups is 1. The summed E-state index contributed by atoms with van der Waals surface area (Å²) >= 11 is 5.35. The second-order valence-corrected chi connectivity index (χ2v) is 5.72. The van der Waals surface area contributed by atoms with Gasteiger partial charge in [0.05, 0.1) is 4.99 Å². The number of likely N-dealkylation sites (tertiary alicyclic amines) is 1. The molecule has 1 amide bonds. The van der Waals surface area contributed by atoms with Gasteiger partial charge in [-0.05, 0) is 33.6 Å². The fourth-order valence-corrected chi connectivity index (χ4v) is 2.35. The topological polar surface area (TPSA) is 52.6 Å². The van der Waals surface area contributed by atoms with Crippen LogP contribution in [-0.2, 0) is 0 Å². The summed E-state index contributed by atoms with van der Waals surface area (Å²) in [6.45, 7) is 7.40. The zero-order chi connectivity index (χ0) is 12.3. The third-order valence-electron chi connectivity index (χ3n) is 2.63. The van der Waals surface area contributed by atoms with E-state index >= 15 is 0 Å². The first-order valence-corrected chi connectivity index (χ1v) is 6.00. The van der Waals surface area contributed by atoms with Gasteiger partial charge in [-0.25, -0.2) is 4.79 Å². The van der Waals surface area contributed by atoms with Gasteiger partial charge in [0.15, 0.2) is 0 Å². The molecule has 0 atom stereocenters. The summed E-state index contributed by atoms with van der Waals surface area (Å²) in [5, 5.41) is 12.1. The minimum atomic E-state index is -0.826. The Labute approximate surface area is 102 Å². The number of piperidine rings is 1. The molecule has 0 spiro atoms. The van der Waals surface area contributed by atoms with E-state index in [0.29, 0.717) is 19.0 Å². The van der Waals surface area contributed by atoms with Crippen LogP contribution in [0.5, 0.6) is 0 Å². The van der Waals surface area contributed by atoms with Gasteiger partial charge in [-0.3, -0.25) is 0 Å². The molecule has 0 unspecified atom stereocenters. The molecule has 1 fully saturated rings. The smallest absolute Gasteiger partial charge is 0.407 e. The van der Waals surface area contributed by atoms with E-state index in [1.807, 2.05) is 0 Å². The second-order valence-electron chi connectivity index (χ2n) is 5.28. The van der Waals surface area contributed by atoms with Crippen LogP contribution in [0.1, 0.15) is 33.6 Å². The lowest BCUT2D eigenvalue weighted by atomic mass is 9.95. The molecule has 1 aliphatic heterocycles. The van der Waals surface area contributed by atoms with Crippen molar-refractivity contribution in [3.05, 3.63) is 0 Å². The lowest BCUT2D eigenvalue weighted by Crippen LogP contribution is -2.46. The number of thiocarbonyl (C=S) groups is 1. The van der Waals surface area contributed by atoms with Gasteiger partial charge in [-0.1, -0.05) is 12.2 Å². The minimum Gasteiger partial charge on any atom is -0.465 e. The average molecular weight is 244 g/mol. The van der Waals surface area contributed by atoms with Gasteiger partial charge in [0.1, 0.15) is 0 Å². The lowest BCUT2D eigenvalue weighted by Gasteiger charge is -2.33. The largest absolute Gasteiger partial charge is 0.465 e. The molecule has 4 nitrogen and oxygen atoms in total. The van der Waals surface area contributed by atoms with Gasteiger partial charge < -0.3 is 15.3 Å². The van der Waals surface area contributed by atoms with E-state index < -0.39 is 6.09 Å². The number of hydrogen-bond donors (Lipinski definition) is 2. The van der Waals surface area contributed by atoms with Crippen LogP contribution in [-0.4, -0.2) is 39.7 Å². The summed E-state index contributed by atoms with van der Waals surface area (Å²) in [6, 6.07) is 0. The molecule has 92 valence electrons. The molecular weight excluding hydrogens is 224 g/mol. The molecule has 1 heterocycles. The Morgan fingerprint density at radius 1 is 1.38 bits per heavy atom. The molecule has 1 rings (SSSR count). The van der Waals surface area contributed by atoms with Gasteiger partial charge in [0, 0.05) is 24.5 Å². The molecule has 5 heteroatoms. The average Bonchev–Trinajstić information content (AvgIpc) is 2.15. The van der Waals surface area contributed by atoms with Crippen LogP contribution in [0.4, 0.5) is 4.79 Å². The molecule has 2 N–H and O–H groups in total. The molecule has 1 saturated heterocycles. The maximum atomic E-state index is 10.7. The quantitative estimate of drug-likeness (QED) is 0.694. The fraction of sp³-hybridized carbons (Fsp3) is 0.818. The van der Waals surface area contributed by atoms with Crippen LogP contribution in [0.3, 0.4) is 0 Å². The van der Waals surface area contributed by atoms with Crippen LogP contribution in [0.15, 0.2) is 0 Å². The predicted octanol–water partition coefficient (Wildman–Crippen LogP) is 2.09. The Bertz CT molecular complexity index is 278. The maximum absolute atomic E-state index is 10.7. The highest BCUT2D eigenvalue weighted by Gasteiger charge is 2.26. The lowest BCUT2D eigenvalue weighted by molar-refractivity contribution is 0.131. The zero-order valence-electron chi connectivity index (χ0n) is 10.1. The monoisotopic (exact) mass is 244 g/mol. The number of nitrogens with zero attached hydrogens (tertiary/aromatic N) is 1. The summed E-state index contributed by atoms with van der Waals surface area (Å²) in [7, 11) is 0. The molecular formula is C11H20N2O2S. The number of hydrogen-bond acceptors (Lipinski definition) is 2. The standard InChI is InChI=1S/C11H20N2O2S/c1-11(2,3)12-9(16)8-4-6-13(7-5-8)10(14)15/h8H,4-7H2,1-3H3,(H,12,16)(H,14,15). The van der Waals surface area contributed by atoms with E-state index in [2.05, 4.69) is 26.1 Å². The molecule has 0 aromatic rings. The molecule has 0 aromatic carbocycles. The maximum Gasteiger partial charge on any atom is 0.407 e.